The average Bonchev–Trinajstić information content (AvgIpc) is 2.82. The van der Waals surface area contributed by atoms with E-state index in [1.165, 1.54) is 6.08 Å². The lowest BCUT2D eigenvalue weighted by molar-refractivity contribution is -0.123. The molecule has 0 radical (unpaired) electrons. The maximum atomic E-state index is 12.0. The third kappa shape index (κ3) is 3.05. The van der Waals surface area contributed by atoms with Gasteiger partial charge in [0.1, 0.15) is 23.2 Å². The molecule has 0 aromatic heterocycles. The number of fused-ring (bicyclic) bond motifs is 1. The van der Waals surface area contributed by atoms with Crippen LogP contribution in [0.25, 0.3) is 6.08 Å². The van der Waals surface area contributed by atoms with Crippen molar-refractivity contribution in [2.45, 2.75) is 26.4 Å². The number of rotatable bonds is 3. The Morgan fingerprint density at radius 2 is 2.04 bits per heavy atom. The molecule has 7 heteroatoms. The Kier molecular flexibility index (Phi) is 4.04. The summed E-state index contributed by atoms with van der Waals surface area (Å²) in [6, 6.07) is 3.70. The van der Waals surface area contributed by atoms with Gasteiger partial charge in [0, 0.05) is 18.1 Å². The fourth-order valence-electron chi connectivity index (χ4n) is 2.62. The molecule has 3 rings (SSSR count). The summed E-state index contributed by atoms with van der Waals surface area (Å²) in [6.45, 7) is 4.32. The normalized spacial score (nSPS) is 19.7. The van der Waals surface area contributed by atoms with Crippen LogP contribution in [0.3, 0.4) is 0 Å². The van der Waals surface area contributed by atoms with Crippen molar-refractivity contribution in [1.82, 2.24) is 10.6 Å². The third-order valence-corrected chi connectivity index (χ3v) is 3.78. The molecule has 1 fully saturated rings. The molecule has 0 spiro atoms. The van der Waals surface area contributed by atoms with E-state index in [0.717, 1.165) is 17.7 Å². The SMILES string of the molecule is CCOc1cc2c(cc1C=C1C(=O)NC(=S)NC1=O)CC(C)O2. The molecule has 1 saturated heterocycles. The zero-order valence-corrected chi connectivity index (χ0v) is 13.6. The smallest absolute Gasteiger partial charge is 0.263 e. The molecule has 6 nitrogen and oxygen atoms in total. The summed E-state index contributed by atoms with van der Waals surface area (Å²) in [7, 11) is 0. The Labute approximate surface area is 138 Å². The van der Waals surface area contributed by atoms with Gasteiger partial charge in [-0.3, -0.25) is 20.2 Å². The molecule has 1 aromatic rings. The van der Waals surface area contributed by atoms with E-state index in [4.69, 9.17) is 21.7 Å². The summed E-state index contributed by atoms with van der Waals surface area (Å²) in [5, 5.41) is 4.85. The number of nitrogens with one attached hydrogen (secondary N) is 2. The number of carbonyl (C=O) groups excluding carboxylic acids is 2. The van der Waals surface area contributed by atoms with Gasteiger partial charge in [-0.05, 0) is 43.8 Å². The van der Waals surface area contributed by atoms with Crippen molar-refractivity contribution in [2.75, 3.05) is 6.61 Å². The van der Waals surface area contributed by atoms with Crippen LogP contribution in [0, 0.1) is 0 Å². The van der Waals surface area contributed by atoms with Gasteiger partial charge in [0.15, 0.2) is 5.11 Å². The minimum absolute atomic E-state index is 0.00790. The van der Waals surface area contributed by atoms with Crippen LogP contribution in [-0.2, 0) is 16.0 Å². The number of amides is 2. The third-order valence-electron chi connectivity index (χ3n) is 3.57. The highest BCUT2D eigenvalue weighted by molar-refractivity contribution is 7.80. The Morgan fingerprint density at radius 3 is 2.70 bits per heavy atom. The molecule has 23 heavy (non-hydrogen) atoms. The van der Waals surface area contributed by atoms with Crippen molar-refractivity contribution in [3.05, 3.63) is 28.8 Å². The van der Waals surface area contributed by atoms with Crippen LogP contribution >= 0.6 is 12.2 Å². The molecule has 1 unspecified atom stereocenters. The van der Waals surface area contributed by atoms with Crippen LogP contribution in [0.1, 0.15) is 25.0 Å². The van der Waals surface area contributed by atoms with Crippen molar-refractivity contribution in [3.8, 4) is 11.5 Å². The van der Waals surface area contributed by atoms with Gasteiger partial charge in [0.05, 0.1) is 6.61 Å². The summed E-state index contributed by atoms with van der Waals surface area (Å²) in [5.74, 6) is 0.307. The maximum absolute atomic E-state index is 12.0. The fourth-order valence-corrected chi connectivity index (χ4v) is 2.80. The van der Waals surface area contributed by atoms with Crippen molar-refractivity contribution in [1.29, 1.82) is 0 Å². The number of hydrogen-bond acceptors (Lipinski definition) is 5. The summed E-state index contributed by atoms with van der Waals surface area (Å²) in [5.41, 5.74) is 1.68. The predicted molar refractivity (Wildman–Crippen MR) is 88.3 cm³/mol. The molecule has 0 saturated carbocycles. The van der Waals surface area contributed by atoms with Crippen molar-refractivity contribution in [2.24, 2.45) is 0 Å². The highest BCUT2D eigenvalue weighted by Gasteiger charge is 2.27. The van der Waals surface area contributed by atoms with Crippen molar-refractivity contribution < 1.29 is 19.1 Å². The maximum Gasteiger partial charge on any atom is 0.263 e. The van der Waals surface area contributed by atoms with Crippen LogP contribution in [-0.4, -0.2) is 29.6 Å². The van der Waals surface area contributed by atoms with Gasteiger partial charge >= 0.3 is 0 Å². The first-order valence-corrected chi connectivity index (χ1v) is 7.73. The molecule has 2 amide bonds. The molecule has 120 valence electrons. The quantitative estimate of drug-likeness (QED) is 0.496. The van der Waals surface area contributed by atoms with E-state index in [2.05, 4.69) is 10.6 Å². The number of carbonyl (C=O) groups is 2. The molecule has 0 bridgehead atoms. The van der Waals surface area contributed by atoms with E-state index >= 15 is 0 Å². The zero-order valence-electron chi connectivity index (χ0n) is 12.8. The molecule has 1 atom stereocenters. The van der Waals surface area contributed by atoms with E-state index in [9.17, 15) is 9.59 Å². The molecule has 1 aromatic carbocycles. The predicted octanol–water partition coefficient (Wildman–Crippen LogP) is 1.32. The number of ether oxygens (including phenoxy) is 2. The van der Waals surface area contributed by atoms with Crippen molar-refractivity contribution in [3.63, 3.8) is 0 Å². The lowest BCUT2D eigenvalue weighted by Crippen LogP contribution is -2.51. The lowest BCUT2D eigenvalue weighted by atomic mass is 10.0. The number of hydrogen-bond donors (Lipinski definition) is 2. The van der Waals surface area contributed by atoms with Gasteiger partial charge in [0.25, 0.3) is 11.8 Å². The summed E-state index contributed by atoms with van der Waals surface area (Å²) >= 11 is 4.79. The second kappa shape index (κ2) is 6.00. The van der Waals surface area contributed by atoms with Crippen LogP contribution in [0.2, 0.25) is 0 Å². The molecular formula is C16H16N2O4S. The van der Waals surface area contributed by atoms with E-state index in [-0.39, 0.29) is 16.8 Å². The Hall–Kier alpha value is -2.41. The van der Waals surface area contributed by atoms with Gasteiger partial charge in [-0.1, -0.05) is 0 Å². The van der Waals surface area contributed by atoms with Crippen LogP contribution in [0.15, 0.2) is 17.7 Å². The zero-order chi connectivity index (χ0) is 16.6. The Balaban J connectivity index is 2.03. The molecule has 2 N–H and O–H groups in total. The second-order valence-corrected chi connectivity index (χ2v) is 5.77. The lowest BCUT2D eigenvalue weighted by Gasteiger charge is -2.17. The summed E-state index contributed by atoms with van der Waals surface area (Å²) < 4.78 is 11.3. The highest BCUT2D eigenvalue weighted by atomic mass is 32.1. The molecule has 2 heterocycles. The van der Waals surface area contributed by atoms with Crippen molar-refractivity contribution >= 4 is 35.2 Å². The number of thiocarbonyl (C=S) groups is 1. The standard InChI is InChI=1S/C16H16N2O4S/c1-3-21-12-7-13-9(4-8(2)22-13)5-10(12)6-11-14(19)17-16(23)18-15(11)20/h5-8H,3-4H2,1-2H3,(H2,17,18,19,20,23). The summed E-state index contributed by atoms with van der Waals surface area (Å²) in [4.78, 5) is 24.0. The number of benzene rings is 1. The molecule has 2 aliphatic rings. The Morgan fingerprint density at radius 1 is 1.35 bits per heavy atom. The molecular weight excluding hydrogens is 316 g/mol. The largest absolute Gasteiger partial charge is 0.493 e. The topological polar surface area (TPSA) is 76.7 Å². The van der Waals surface area contributed by atoms with Gasteiger partial charge in [0.2, 0.25) is 0 Å². The Bertz CT molecular complexity index is 720. The van der Waals surface area contributed by atoms with Gasteiger partial charge in [-0.15, -0.1) is 0 Å². The monoisotopic (exact) mass is 332 g/mol. The van der Waals surface area contributed by atoms with Gasteiger partial charge in [-0.2, -0.15) is 0 Å². The average molecular weight is 332 g/mol. The van der Waals surface area contributed by atoms with Gasteiger partial charge in [-0.25, -0.2) is 0 Å². The minimum atomic E-state index is -0.522. The van der Waals surface area contributed by atoms with Crippen LogP contribution < -0.4 is 20.1 Å². The van der Waals surface area contributed by atoms with E-state index in [1.54, 1.807) is 6.07 Å². The molecule has 0 aliphatic carbocycles. The van der Waals surface area contributed by atoms with Crippen LogP contribution in [0.4, 0.5) is 0 Å². The van der Waals surface area contributed by atoms with E-state index < -0.39 is 11.8 Å². The first kappa shape index (κ1) is 15.5. The van der Waals surface area contributed by atoms with Gasteiger partial charge < -0.3 is 9.47 Å². The fraction of sp³-hybridized carbons (Fsp3) is 0.312. The first-order chi connectivity index (χ1) is 11.0. The van der Waals surface area contributed by atoms with Crippen LogP contribution in [0.5, 0.6) is 11.5 Å². The minimum Gasteiger partial charge on any atom is -0.493 e. The molecule has 2 aliphatic heterocycles. The second-order valence-electron chi connectivity index (χ2n) is 5.36. The highest BCUT2D eigenvalue weighted by Crippen LogP contribution is 2.36. The van der Waals surface area contributed by atoms with E-state index in [1.807, 2.05) is 19.9 Å². The summed E-state index contributed by atoms with van der Waals surface area (Å²) in [6.07, 6.45) is 2.39. The van der Waals surface area contributed by atoms with E-state index in [0.29, 0.717) is 17.9 Å². The first-order valence-electron chi connectivity index (χ1n) is 7.32.